The van der Waals surface area contributed by atoms with Crippen molar-refractivity contribution in [2.45, 2.75) is 25.7 Å². The lowest BCUT2D eigenvalue weighted by Crippen LogP contribution is -2.39. The van der Waals surface area contributed by atoms with E-state index in [4.69, 9.17) is 12.2 Å². The summed E-state index contributed by atoms with van der Waals surface area (Å²) in [6.45, 7) is 0.626. The Labute approximate surface area is 133 Å². The first-order chi connectivity index (χ1) is 10.5. The highest BCUT2D eigenvalue weighted by atomic mass is 32.1. The number of nitrogens with one attached hydrogen (secondary N) is 3. The fraction of sp³-hybridized carbons (Fsp3) is 0.429. The van der Waals surface area contributed by atoms with Crippen LogP contribution in [0, 0.1) is 11.6 Å². The largest absolute Gasteiger partial charge is 0.469 e. The summed E-state index contributed by atoms with van der Waals surface area (Å²) in [4.78, 5) is 10.9. The fourth-order valence-corrected chi connectivity index (χ4v) is 1.79. The van der Waals surface area contributed by atoms with Crippen LogP contribution >= 0.6 is 12.2 Å². The number of hydrogen-bond acceptors (Lipinski definition) is 4. The zero-order chi connectivity index (χ0) is 16.4. The Hall–Kier alpha value is -1.96. The number of hydrogen-bond donors (Lipinski definition) is 3. The van der Waals surface area contributed by atoms with E-state index in [1.807, 2.05) is 0 Å². The van der Waals surface area contributed by atoms with Crippen LogP contribution in [0.2, 0.25) is 0 Å². The lowest BCUT2D eigenvalue weighted by atomic mass is 10.2. The summed E-state index contributed by atoms with van der Waals surface area (Å²) in [6.07, 6.45) is 2.87. The Morgan fingerprint density at radius 2 is 2.05 bits per heavy atom. The summed E-state index contributed by atoms with van der Waals surface area (Å²) in [5, 5.41) is 3.23. The summed E-state index contributed by atoms with van der Waals surface area (Å²) < 4.78 is 30.6. The first-order valence-electron chi connectivity index (χ1n) is 6.84. The van der Waals surface area contributed by atoms with Gasteiger partial charge in [0.15, 0.2) is 10.9 Å². The maximum absolute atomic E-state index is 13.3. The Bertz CT molecular complexity index is 515. The van der Waals surface area contributed by atoms with Gasteiger partial charge in [0, 0.05) is 19.0 Å². The van der Waals surface area contributed by atoms with E-state index in [-0.39, 0.29) is 11.7 Å². The molecule has 0 heterocycles. The van der Waals surface area contributed by atoms with Crippen molar-refractivity contribution < 1.29 is 18.3 Å². The summed E-state index contributed by atoms with van der Waals surface area (Å²) in [7, 11) is 1.37. The van der Waals surface area contributed by atoms with E-state index in [0.717, 1.165) is 31.4 Å². The number of hydrazine groups is 1. The molecule has 0 radical (unpaired) electrons. The van der Waals surface area contributed by atoms with Crippen LogP contribution in [-0.4, -0.2) is 24.7 Å². The van der Waals surface area contributed by atoms with Gasteiger partial charge in [0.1, 0.15) is 5.82 Å². The summed E-state index contributed by atoms with van der Waals surface area (Å²) >= 11 is 5.01. The zero-order valence-electron chi connectivity index (χ0n) is 12.2. The predicted octanol–water partition coefficient (Wildman–Crippen LogP) is 2.49. The van der Waals surface area contributed by atoms with Crippen molar-refractivity contribution in [2.24, 2.45) is 0 Å². The molecule has 1 rings (SSSR count). The van der Waals surface area contributed by atoms with Crippen LogP contribution in [0.25, 0.3) is 0 Å². The highest BCUT2D eigenvalue weighted by molar-refractivity contribution is 7.80. The first kappa shape index (κ1) is 18.1. The van der Waals surface area contributed by atoms with E-state index in [2.05, 4.69) is 20.9 Å². The predicted molar refractivity (Wildman–Crippen MR) is 84.2 cm³/mol. The van der Waals surface area contributed by atoms with Crippen LogP contribution in [0.4, 0.5) is 14.5 Å². The molecule has 122 valence electrons. The monoisotopic (exact) mass is 331 g/mol. The quantitative estimate of drug-likeness (QED) is 0.294. The van der Waals surface area contributed by atoms with E-state index >= 15 is 0 Å². The molecule has 0 spiro atoms. The van der Waals surface area contributed by atoms with Gasteiger partial charge >= 0.3 is 5.97 Å². The summed E-state index contributed by atoms with van der Waals surface area (Å²) in [6, 6.07) is 3.19. The minimum absolute atomic E-state index is 0.101. The molecular formula is C14H19F2N3O2S. The maximum atomic E-state index is 13.3. The number of anilines is 1. The number of methoxy groups -OCH3 is 1. The van der Waals surface area contributed by atoms with Crippen molar-refractivity contribution in [3.63, 3.8) is 0 Å². The van der Waals surface area contributed by atoms with Gasteiger partial charge in [-0.1, -0.05) is 6.42 Å². The molecule has 0 aromatic heterocycles. The second-order valence-corrected chi connectivity index (χ2v) is 4.93. The smallest absolute Gasteiger partial charge is 0.305 e. The number of benzene rings is 1. The number of thiocarbonyl (C=S) groups is 1. The number of carbonyl (C=O) groups excluding carboxylic acids is 1. The van der Waals surface area contributed by atoms with E-state index < -0.39 is 11.6 Å². The Balaban J connectivity index is 2.12. The zero-order valence-corrected chi connectivity index (χ0v) is 13.1. The number of rotatable bonds is 8. The minimum atomic E-state index is -0.710. The van der Waals surface area contributed by atoms with Crippen molar-refractivity contribution in [2.75, 3.05) is 19.1 Å². The molecule has 0 aliphatic carbocycles. The van der Waals surface area contributed by atoms with Crippen molar-refractivity contribution >= 4 is 29.0 Å². The molecule has 0 bridgehead atoms. The molecular weight excluding hydrogens is 312 g/mol. The van der Waals surface area contributed by atoms with E-state index in [1.165, 1.54) is 13.2 Å². The number of ether oxygens (including phenoxy) is 1. The van der Waals surface area contributed by atoms with Gasteiger partial charge in [0.25, 0.3) is 0 Å². The molecule has 22 heavy (non-hydrogen) atoms. The number of halogens is 2. The molecule has 5 nitrogen and oxygen atoms in total. The minimum Gasteiger partial charge on any atom is -0.469 e. The van der Waals surface area contributed by atoms with Gasteiger partial charge in [-0.2, -0.15) is 0 Å². The van der Waals surface area contributed by atoms with Crippen LogP contribution in [0.1, 0.15) is 25.7 Å². The molecule has 1 aromatic rings. The normalized spacial score (nSPS) is 9.95. The van der Waals surface area contributed by atoms with Crippen LogP contribution in [-0.2, 0) is 9.53 Å². The summed E-state index contributed by atoms with van der Waals surface area (Å²) in [5.74, 6) is -1.57. The number of esters is 1. The van der Waals surface area contributed by atoms with Crippen LogP contribution < -0.4 is 16.2 Å². The number of carbonyl (C=O) groups is 1. The maximum Gasteiger partial charge on any atom is 0.305 e. The molecule has 0 atom stereocenters. The van der Waals surface area contributed by atoms with Gasteiger partial charge in [0.2, 0.25) is 0 Å². The number of unbranched alkanes of at least 4 members (excludes halogenated alkanes) is 2. The Morgan fingerprint density at radius 1 is 1.27 bits per heavy atom. The summed E-state index contributed by atoms with van der Waals surface area (Å²) in [5.41, 5.74) is 5.27. The molecule has 0 saturated carbocycles. The lowest BCUT2D eigenvalue weighted by molar-refractivity contribution is -0.140. The molecule has 0 unspecified atom stereocenters. The van der Waals surface area contributed by atoms with E-state index in [1.54, 1.807) is 0 Å². The van der Waals surface area contributed by atoms with Gasteiger partial charge in [-0.15, -0.1) is 0 Å². The van der Waals surface area contributed by atoms with Crippen LogP contribution in [0.3, 0.4) is 0 Å². The molecule has 0 aliphatic rings. The second-order valence-electron chi connectivity index (χ2n) is 4.52. The average molecular weight is 331 g/mol. The molecule has 0 fully saturated rings. The highest BCUT2D eigenvalue weighted by Gasteiger charge is 2.03. The molecule has 0 aliphatic heterocycles. The van der Waals surface area contributed by atoms with Crippen molar-refractivity contribution in [3.05, 3.63) is 29.8 Å². The van der Waals surface area contributed by atoms with Crippen LogP contribution in [0.5, 0.6) is 0 Å². The molecule has 1 aromatic carbocycles. The van der Waals surface area contributed by atoms with Gasteiger partial charge in [-0.25, -0.2) is 8.78 Å². The third kappa shape index (κ3) is 7.16. The molecule has 8 heteroatoms. The molecule has 0 saturated heterocycles. The van der Waals surface area contributed by atoms with E-state index in [9.17, 15) is 13.6 Å². The lowest BCUT2D eigenvalue weighted by Gasteiger charge is -2.13. The Kier molecular flexibility index (Phi) is 8.13. The van der Waals surface area contributed by atoms with Gasteiger partial charge in [-0.05, 0) is 37.2 Å². The highest BCUT2D eigenvalue weighted by Crippen LogP contribution is 2.13. The molecule has 0 amide bonds. The first-order valence-corrected chi connectivity index (χ1v) is 7.25. The topological polar surface area (TPSA) is 62.4 Å². The fourth-order valence-electron chi connectivity index (χ4n) is 1.63. The standard InChI is InChI=1S/C14H19F2N3O2S/c1-21-13(20)5-3-2-4-8-17-14(22)19-18-12-7-6-10(15)9-11(12)16/h6-7,9,18H,2-5,8H2,1H3,(H2,17,19,22). The van der Waals surface area contributed by atoms with Crippen LogP contribution in [0.15, 0.2) is 18.2 Å². The van der Waals surface area contributed by atoms with Crippen molar-refractivity contribution in [1.29, 1.82) is 0 Å². The van der Waals surface area contributed by atoms with Crippen molar-refractivity contribution in [1.82, 2.24) is 10.7 Å². The van der Waals surface area contributed by atoms with Gasteiger partial charge < -0.3 is 10.1 Å². The van der Waals surface area contributed by atoms with Gasteiger partial charge in [-0.3, -0.25) is 15.6 Å². The third-order valence-corrected chi connectivity index (χ3v) is 3.06. The van der Waals surface area contributed by atoms with Gasteiger partial charge in [0.05, 0.1) is 12.8 Å². The third-order valence-electron chi connectivity index (χ3n) is 2.81. The SMILES string of the molecule is COC(=O)CCCCCNC(=S)NNc1ccc(F)cc1F. The Morgan fingerprint density at radius 3 is 2.73 bits per heavy atom. The van der Waals surface area contributed by atoms with E-state index in [0.29, 0.717) is 18.1 Å². The molecule has 3 N–H and O–H groups in total. The average Bonchev–Trinajstić information content (AvgIpc) is 2.49. The second kappa shape index (κ2) is 9.88. The van der Waals surface area contributed by atoms with Crippen molar-refractivity contribution in [3.8, 4) is 0 Å².